The quantitative estimate of drug-likeness (QED) is 0.841. The molecule has 1 aliphatic rings. The van der Waals surface area contributed by atoms with Crippen LogP contribution in [-0.4, -0.2) is 44.0 Å². The van der Waals surface area contributed by atoms with Crippen LogP contribution in [0.5, 0.6) is 0 Å². The average molecular weight is 342 g/mol. The second-order valence-corrected chi connectivity index (χ2v) is 7.75. The number of nitrogens with two attached hydrogens (primary N) is 1. The number of sulfone groups is 1. The molecule has 0 spiro atoms. The third-order valence-corrected chi connectivity index (χ3v) is 5.36. The van der Waals surface area contributed by atoms with E-state index in [1.165, 1.54) is 23.1 Å². The third kappa shape index (κ3) is 4.75. The molecule has 1 heterocycles. The second-order valence-electron chi connectivity index (χ2n) is 5.68. The maximum Gasteiger partial charge on any atom is 0.237 e. The van der Waals surface area contributed by atoms with Gasteiger partial charge in [0.15, 0.2) is 9.84 Å². The number of nitrogens with zero attached hydrogens (tertiary/aromatic N) is 1. The van der Waals surface area contributed by atoms with E-state index in [9.17, 15) is 22.4 Å². The van der Waals surface area contributed by atoms with Crippen molar-refractivity contribution in [2.24, 2.45) is 11.7 Å². The van der Waals surface area contributed by atoms with Crippen LogP contribution in [0.25, 0.3) is 0 Å². The number of amides is 2. The van der Waals surface area contributed by atoms with E-state index in [4.69, 9.17) is 5.73 Å². The molecule has 0 unspecified atom stereocenters. The molecule has 23 heavy (non-hydrogen) atoms. The van der Waals surface area contributed by atoms with E-state index in [1.54, 1.807) is 6.07 Å². The number of carbonyl (C=O) groups is 2. The maximum atomic E-state index is 13.5. The summed E-state index contributed by atoms with van der Waals surface area (Å²) in [7, 11) is -3.76. The fourth-order valence-corrected chi connectivity index (χ4v) is 3.97. The molecule has 1 fully saturated rings. The van der Waals surface area contributed by atoms with Crippen molar-refractivity contribution in [3.8, 4) is 0 Å². The highest BCUT2D eigenvalue weighted by Gasteiger charge is 2.28. The summed E-state index contributed by atoms with van der Waals surface area (Å²) in [5.41, 5.74) is 5.27. The Hall–Kier alpha value is -1.96. The second kappa shape index (κ2) is 7.08. The smallest absolute Gasteiger partial charge is 0.237 e. The zero-order valence-corrected chi connectivity index (χ0v) is 13.4. The summed E-state index contributed by atoms with van der Waals surface area (Å²) in [6.07, 6.45) is 0.878. The lowest BCUT2D eigenvalue weighted by Crippen LogP contribution is -2.44. The number of hydrogen-bond acceptors (Lipinski definition) is 4. The minimum absolute atomic E-state index is 0.0488. The Morgan fingerprint density at radius 3 is 2.39 bits per heavy atom. The first-order chi connectivity index (χ1) is 10.8. The zero-order valence-electron chi connectivity index (χ0n) is 12.6. The highest BCUT2D eigenvalue weighted by atomic mass is 32.2. The lowest BCUT2D eigenvalue weighted by Gasteiger charge is -2.30. The number of likely N-dealkylation sites (tertiary alicyclic amines) is 1. The molecule has 2 amide bonds. The van der Waals surface area contributed by atoms with Crippen LogP contribution in [0.3, 0.4) is 0 Å². The molecule has 0 aliphatic carbocycles. The van der Waals surface area contributed by atoms with E-state index < -0.39 is 39.0 Å². The Morgan fingerprint density at radius 1 is 1.22 bits per heavy atom. The maximum absolute atomic E-state index is 13.5. The van der Waals surface area contributed by atoms with Crippen LogP contribution in [0.4, 0.5) is 4.39 Å². The van der Waals surface area contributed by atoms with Crippen LogP contribution in [-0.2, 0) is 25.2 Å². The molecule has 0 bridgehead atoms. The minimum Gasteiger partial charge on any atom is -0.369 e. The summed E-state index contributed by atoms with van der Waals surface area (Å²) < 4.78 is 37.7. The Labute approximate surface area is 134 Å². The lowest BCUT2D eigenvalue weighted by molar-refractivity contribution is -0.132. The summed E-state index contributed by atoms with van der Waals surface area (Å²) in [6, 6.07) is 5.58. The predicted octanol–water partition coefficient (Wildman–Crippen LogP) is 0.464. The molecular formula is C15H19FN2O4S. The summed E-state index contributed by atoms with van der Waals surface area (Å²) in [5.74, 6) is -2.97. The van der Waals surface area contributed by atoms with Gasteiger partial charge in [-0.25, -0.2) is 12.8 Å². The fourth-order valence-electron chi connectivity index (χ4n) is 2.60. The highest BCUT2D eigenvalue weighted by Crippen LogP contribution is 2.18. The average Bonchev–Trinajstić information content (AvgIpc) is 2.49. The molecule has 2 rings (SSSR count). The molecule has 1 aromatic rings. The van der Waals surface area contributed by atoms with Gasteiger partial charge in [0.2, 0.25) is 11.8 Å². The van der Waals surface area contributed by atoms with Crippen LogP contribution in [0.1, 0.15) is 18.4 Å². The van der Waals surface area contributed by atoms with Gasteiger partial charge in [-0.3, -0.25) is 9.59 Å². The Morgan fingerprint density at radius 2 is 1.83 bits per heavy atom. The summed E-state index contributed by atoms with van der Waals surface area (Å²) in [4.78, 5) is 24.6. The number of hydrogen-bond donors (Lipinski definition) is 1. The van der Waals surface area contributed by atoms with E-state index in [0.29, 0.717) is 25.9 Å². The first kappa shape index (κ1) is 17.4. The Balaban J connectivity index is 1.94. The summed E-state index contributed by atoms with van der Waals surface area (Å²) in [6.45, 7) is 0.614. The van der Waals surface area contributed by atoms with Crippen LogP contribution >= 0.6 is 0 Å². The monoisotopic (exact) mass is 342 g/mol. The zero-order chi connectivity index (χ0) is 17.0. The van der Waals surface area contributed by atoms with E-state index >= 15 is 0 Å². The van der Waals surface area contributed by atoms with Crippen LogP contribution < -0.4 is 5.73 Å². The van der Waals surface area contributed by atoms with Gasteiger partial charge >= 0.3 is 0 Å². The molecule has 1 saturated heterocycles. The van der Waals surface area contributed by atoms with Crippen molar-refractivity contribution in [2.75, 3.05) is 18.8 Å². The van der Waals surface area contributed by atoms with E-state index in [1.807, 2.05) is 0 Å². The predicted molar refractivity (Wildman–Crippen MR) is 82.4 cm³/mol. The molecule has 126 valence electrons. The largest absolute Gasteiger partial charge is 0.369 e. The molecule has 2 N–H and O–H groups in total. The van der Waals surface area contributed by atoms with Crippen molar-refractivity contribution in [1.82, 2.24) is 4.90 Å². The van der Waals surface area contributed by atoms with Gasteiger partial charge in [0.25, 0.3) is 0 Å². The van der Waals surface area contributed by atoms with Gasteiger partial charge in [-0.05, 0) is 18.9 Å². The molecule has 0 atom stereocenters. The van der Waals surface area contributed by atoms with E-state index in [2.05, 4.69) is 0 Å². The van der Waals surface area contributed by atoms with Gasteiger partial charge in [-0.15, -0.1) is 0 Å². The first-order valence-corrected chi connectivity index (χ1v) is 9.11. The minimum atomic E-state index is -3.76. The number of primary amides is 1. The normalized spacial score (nSPS) is 16.3. The van der Waals surface area contributed by atoms with Crippen molar-refractivity contribution >= 4 is 21.7 Å². The van der Waals surface area contributed by atoms with Gasteiger partial charge in [0.05, 0.1) is 5.75 Å². The van der Waals surface area contributed by atoms with Gasteiger partial charge in [0, 0.05) is 24.6 Å². The molecule has 1 aliphatic heterocycles. The SMILES string of the molecule is NC(=O)C1CCN(C(=O)CS(=O)(=O)Cc2ccccc2F)CC1. The topological polar surface area (TPSA) is 97.5 Å². The van der Waals surface area contributed by atoms with Crippen molar-refractivity contribution in [1.29, 1.82) is 0 Å². The molecular weight excluding hydrogens is 323 g/mol. The van der Waals surface area contributed by atoms with Crippen molar-refractivity contribution < 1.29 is 22.4 Å². The standard InChI is InChI=1S/C15H19FN2O4S/c16-13-4-2-1-3-12(13)9-23(21,22)10-14(19)18-7-5-11(6-8-18)15(17)20/h1-4,11H,5-10H2,(H2,17,20). The lowest BCUT2D eigenvalue weighted by atomic mass is 9.96. The number of carbonyl (C=O) groups excluding carboxylic acids is 2. The number of rotatable bonds is 5. The van der Waals surface area contributed by atoms with Gasteiger partial charge < -0.3 is 10.6 Å². The summed E-state index contributed by atoms with van der Waals surface area (Å²) >= 11 is 0. The third-order valence-electron chi connectivity index (χ3n) is 3.93. The van der Waals surface area contributed by atoms with Crippen LogP contribution in [0, 0.1) is 11.7 Å². The van der Waals surface area contributed by atoms with Crippen LogP contribution in [0.2, 0.25) is 0 Å². The molecule has 8 heteroatoms. The van der Waals surface area contributed by atoms with Crippen molar-refractivity contribution in [3.63, 3.8) is 0 Å². The molecule has 0 saturated carbocycles. The highest BCUT2D eigenvalue weighted by molar-refractivity contribution is 7.91. The van der Waals surface area contributed by atoms with Gasteiger partial charge in [0.1, 0.15) is 11.6 Å². The Kier molecular flexibility index (Phi) is 5.35. The van der Waals surface area contributed by atoms with E-state index in [0.717, 1.165) is 0 Å². The van der Waals surface area contributed by atoms with Gasteiger partial charge in [-0.1, -0.05) is 18.2 Å². The number of halogens is 1. The van der Waals surface area contributed by atoms with Gasteiger partial charge in [-0.2, -0.15) is 0 Å². The number of piperidine rings is 1. The van der Waals surface area contributed by atoms with Crippen molar-refractivity contribution in [2.45, 2.75) is 18.6 Å². The molecule has 1 aromatic carbocycles. The fraction of sp³-hybridized carbons (Fsp3) is 0.467. The van der Waals surface area contributed by atoms with E-state index in [-0.39, 0.29) is 11.5 Å². The summed E-state index contributed by atoms with van der Waals surface area (Å²) in [5, 5.41) is 0. The molecule has 6 nitrogen and oxygen atoms in total. The van der Waals surface area contributed by atoms with Crippen molar-refractivity contribution in [3.05, 3.63) is 35.6 Å². The number of benzene rings is 1. The van der Waals surface area contributed by atoms with Crippen LogP contribution in [0.15, 0.2) is 24.3 Å². The Bertz CT molecular complexity index is 697. The first-order valence-electron chi connectivity index (χ1n) is 7.29. The molecule has 0 aromatic heterocycles. The molecule has 0 radical (unpaired) electrons.